The fourth-order valence-corrected chi connectivity index (χ4v) is 5.23. The van der Waals surface area contributed by atoms with Crippen LogP contribution in [0.1, 0.15) is 43.6 Å². The molecule has 5 rings (SSSR count). The smallest absolute Gasteiger partial charge is 0.137 e. The molecule has 3 aromatic rings. The number of fused-ring (bicyclic) bond motifs is 3. The van der Waals surface area contributed by atoms with E-state index in [0.29, 0.717) is 22.2 Å². The molecule has 0 amide bonds. The van der Waals surface area contributed by atoms with E-state index < -0.39 is 5.60 Å². The highest BCUT2D eigenvalue weighted by molar-refractivity contribution is 6.44. The largest absolute Gasteiger partial charge is 0.507 e. The predicted octanol–water partition coefficient (Wildman–Crippen LogP) is 4.85. The van der Waals surface area contributed by atoms with E-state index in [1.165, 1.54) is 5.69 Å². The van der Waals surface area contributed by atoms with Crippen molar-refractivity contribution < 1.29 is 10.2 Å². The van der Waals surface area contributed by atoms with Gasteiger partial charge in [0, 0.05) is 30.5 Å². The van der Waals surface area contributed by atoms with Crippen molar-refractivity contribution in [3.63, 3.8) is 0 Å². The first-order valence-corrected chi connectivity index (χ1v) is 10.7. The maximum atomic E-state index is 10.4. The van der Waals surface area contributed by atoms with Crippen molar-refractivity contribution in [2.45, 2.75) is 44.2 Å². The number of nitrogens with zero attached hydrogens (tertiary/aromatic N) is 3. The molecule has 1 fully saturated rings. The summed E-state index contributed by atoms with van der Waals surface area (Å²) in [5.74, 6) is 0.0947. The van der Waals surface area contributed by atoms with Gasteiger partial charge in [0.15, 0.2) is 0 Å². The highest BCUT2D eigenvalue weighted by atomic mass is 35.5. The summed E-state index contributed by atoms with van der Waals surface area (Å²) >= 11 is 12.5. The van der Waals surface area contributed by atoms with E-state index in [0.717, 1.165) is 49.1 Å². The van der Waals surface area contributed by atoms with Crippen LogP contribution in [0.4, 0.5) is 0 Å². The van der Waals surface area contributed by atoms with Gasteiger partial charge in [-0.25, -0.2) is 4.98 Å². The third-order valence-corrected chi connectivity index (χ3v) is 7.05. The minimum atomic E-state index is -0.620. The van der Waals surface area contributed by atoms with Crippen LogP contribution in [0.5, 0.6) is 5.75 Å². The van der Waals surface area contributed by atoms with E-state index in [1.54, 1.807) is 12.1 Å². The summed E-state index contributed by atoms with van der Waals surface area (Å²) in [5.41, 5.74) is 3.86. The average Bonchev–Trinajstić information content (AvgIpc) is 3.24. The third kappa shape index (κ3) is 3.21. The number of hydrogen-bond acceptors (Lipinski definition) is 4. The average molecular weight is 432 g/mol. The van der Waals surface area contributed by atoms with Crippen molar-refractivity contribution in [1.82, 2.24) is 14.3 Å². The van der Waals surface area contributed by atoms with Gasteiger partial charge in [0.25, 0.3) is 0 Å². The highest BCUT2D eigenvalue weighted by Crippen LogP contribution is 2.42. The summed E-state index contributed by atoms with van der Waals surface area (Å²) in [6.45, 7) is 3.48. The molecule has 1 aliphatic carbocycles. The second-order valence-corrected chi connectivity index (χ2v) is 9.25. The Morgan fingerprint density at radius 3 is 2.83 bits per heavy atom. The molecule has 0 spiro atoms. The molecule has 29 heavy (non-hydrogen) atoms. The molecular formula is C22H23Cl2N3O2. The summed E-state index contributed by atoms with van der Waals surface area (Å²) in [5, 5.41) is 21.5. The van der Waals surface area contributed by atoms with Crippen LogP contribution in [0, 0.1) is 0 Å². The van der Waals surface area contributed by atoms with Gasteiger partial charge in [0.05, 0.1) is 27.4 Å². The van der Waals surface area contributed by atoms with Gasteiger partial charge in [-0.3, -0.25) is 4.90 Å². The molecule has 1 aromatic carbocycles. The minimum absolute atomic E-state index is 0.0947. The summed E-state index contributed by atoms with van der Waals surface area (Å²) in [6.07, 6.45) is 5.94. The standard InChI is InChI=1S/C22H23Cl2N3O2/c1-22(29)8-10-26(12-22)15-3-2-4-16-21(15)25-18-11-13(7-9-27(16)18)19-17(28)6-5-14(23)20(19)24/h5-7,9,11,15,28-29H,2-4,8,10,12H2,1H3. The normalized spacial score (nSPS) is 24.9. The summed E-state index contributed by atoms with van der Waals surface area (Å²) in [4.78, 5) is 7.34. The molecule has 2 aliphatic rings. The van der Waals surface area contributed by atoms with E-state index in [1.807, 2.05) is 25.3 Å². The number of aromatic nitrogens is 2. The zero-order chi connectivity index (χ0) is 20.3. The Labute approximate surface area is 179 Å². The first kappa shape index (κ1) is 19.2. The molecular weight excluding hydrogens is 409 g/mol. The van der Waals surface area contributed by atoms with Crippen LogP contribution in [0.3, 0.4) is 0 Å². The molecule has 2 atom stereocenters. The Kier molecular flexibility index (Phi) is 4.55. The van der Waals surface area contributed by atoms with E-state index >= 15 is 0 Å². The predicted molar refractivity (Wildman–Crippen MR) is 115 cm³/mol. The lowest BCUT2D eigenvalue weighted by atomic mass is 9.95. The number of β-amino-alcohol motifs (C(OH)–C–C–N with tert-alkyl or cyclic N) is 1. The summed E-state index contributed by atoms with van der Waals surface area (Å²) in [7, 11) is 0. The van der Waals surface area contributed by atoms with Gasteiger partial charge in [0.1, 0.15) is 11.4 Å². The molecule has 5 nitrogen and oxygen atoms in total. The van der Waals surface area contributed by atoms with Gasteiger partial charge >= 0.3 is 0 Å². The lowest BCUT2D eigenvalue weighted by Crippen LogP contribution is -2.34. The molecule has 0 saturated carbocycles. The molecule has 0 bridgehead atoms. The maximum Gasteiger partial charge on any atom is 0.137 e. The lowest BCUT2D eigenvalue weighted by molar-refractivity contribution is 0.0599. The number of hydrogen-bond donors (Lipinski definition) is 2. The van der Waals surface area contributed by atoms with Crippen LogP contribution in [-0.4, -0.2) is 43.2 Å². The van der Waals surface area contributed by atoms with Gasteiger partial charge < -0.3 is 14.6 Å². The highest BCUT2D eigenvalue weighted by Gasteiger charge is 2.38. The number of phenols is 1. The molecule has 1 saturated heterocycles. The van der Waals surface area contributed by atoms with Gasteiger partial charge in [0.2, 0.25) is 0 Å². The Bertz CT molecular complexity index is 1110. The van der Waals surface area contributed by atoms with Crippen molar-refractivity contribution in [2.75, 3.05) is 13.1 Å². The molecule has 3 heterocycles. The molecule has 0 radical (unpaired) electrons. The van der Waals surface area contributed by atoms with Gasteiger partial charge in [-0.15, -0.1) is 0 Å². The van der Waals surface area contributed by atoms with Crippen LogP contribution in [0.15, 0.2) is 30.5 Å². The number of likely N-dealkylation sites (tertiary alicyclic amines) is 1. The van der Waals surface area contributed by atoms with E-state index in [2.05, 4.69) is 9.30 Å². The minimum Gasteiger partial charge on any atom is -0.507 e. The number of aryl methyl sites for hydroxylation is 1. The topological polar surface area (TPSA) is 61.0 Å². The van der Waals surface area contributed by atoms with Gasteiger partial charge in [-0.05, 0) is 62.4 Å². The Morgan fingerprint density at radius 1 is 1.24 bits per heavy atom. The first-order valence-electron chi connectivity index (χ1n) is 9.99. The number of imidazole rings is 1. The van der Waals surface area contributed by atoms with Crippen LogP contribution in [-0.2, 0) is 6.42 Å². The summed E-state index contributed by atoms with van der Waals surface area (Å²) in [6, 6.07) is 7.27. The monoisotopic (exact) mass is 431 g/mol. The molecule has 2 unspecified atom stereocenters. The second-order valence-electron chi connectivity index (χ2n) is 8.47. The SMILES string of the molecule is CC1(O)CCN(C2CCCc3c2nc2cc(-c4c(O)ccc(Cl)c4Cl)ccn32)C1. The maximum absolute atomic E-state index is 10.4. The number of phenolic OH excluding ortho intramolecular Hbond substituents is 1. The zero-order valence-electron chi connectivity index (χ0n) is 16.2. The van der Waals surface area contributed by atoms with Gasteiger partial charge in [-0.1, -0.05) is 23.2 Å². The fourth-order valence-electron chi connectivity index (χ4n) is 4.80. The number of halogens is 2. The van der Waals surface area contributed by atoms with Crippen LogP contribution in [0.2, 0.25) is 10.0 Å². The van der Waals surface area contributed by atoms with Crippen molar-refractivity contribution in [1.29, 1.82) is 0 Å². The zero-order valence-corrected chi connectivity index (χ0v) is 17.7. The van der Waals surface area contributed by atoms with E-state index in [9.17, 15) is 10.2 Å². The number of aromatic hydroxyl groups is 1. The van der Waals surface area contributed by atoms with Gasteiger partial charge in [-0.2, -0.15) is 0 Å². The quantitative estimate of drug-likeness (QED) is 0.608. The Balaban J connectivity index is 1.59. The number of rotatable bonds is 2. The van der Waals surface area contributed by atoms with Crippen LogP contribution in [0.25, 0.3) is 16.8 Å². The number of aliphatic hydroxyl groups is 1. The van der Waals surface area contributed by atoms with Crippen molar-refractivity contribution >= 4 is 28.8 Å². The molecule has 1 aliphatic heterocycles. The van der Waals surface area contributed by atoms with Crippen LogP contribution >= 0.6 is 23.2 Å². The van der Waals surface area contributed by atoms with Crippen molar-refractivity contribution in [3.05, 3.63) is 51.9 Å². The lowest BCUT2D eigenvalue weighted by Gasteiger charge is -2.31. The molecule has 2 aromatic heterocycles. The fraction of sp³-hybridized carbons (Fsp3) is 0.409. The second kappa shape index (κ2) is 6.88. The number of pyridine rings is 1. The van der Waals surface area contributed by atoms with E-state index in [-0.39, 0.29) is 11.8 Å². The first-order chi connectivity index (χ1) is 13.8. The Hall–Kier alpha value is -1.79. The third-order valence-electron chi connectivity index (χ3n) is 6.25. The Morgan fingerprint density at radius 2 is 2.07 bits per heavy atom. The summed E-state index contributed by atoms with van der Waals surface area (Å²) < 4.78 is 2.13. The van der Waals surface area contributed by atoms with Crippen LogP contribution < -0.4 is 0 Å². The van der Waals surface area contributed by atoms with Crippen molar-refractivity contribution in [2.24, 2.45) is 0 Å². The number of benzene rings is 1. The molecule has 7 heteroatoms. The molecule has 2 N–H and O–H groups in total. The van der Waals surface area contributed by atoms with E-state index in [4.69, 9.17) is 28.2 Å². The van der Waals surface area contributed by atoms with Crippen molar-refractivity contribution in [3.8, 4) is 16.9 Å². The molecule has 152 valence electrons.